The second kappa shape index (κ2) is 9.24. The van der Waals surface area contributed by atoms with Crippen molar-refractivity contribution < 1.29 is 10.2 Å². The monoisotopic (exact) mass is 423 g/mol. The fraction of sp³-hybridized carbons (Fsp3) is 0.500. The number of rotatable bonds is 7. The first-order chi connectivity index (χ1) is 15.0. The molecule has 0 saturated carbocycles. The maximum Gasteiger partial charge on any atom is 0.204 e. The molecular formula is C24H33N5O2. The van der Waals surface area contributed by atoms with Gasteiger partial charge in [0.1, 0.15) is 11.4 Å². The van der Waals surface area contributed by atoms with Crippen molar-refractivity contribution in [3.8, 4) is 5.75 Å². The predicted molar refractivity (Wildman–Crippen MR) is 124 cm³/mol. The number of pyridine rings is 1. The second-order valence-corrected chi connectivity index (χ2v) is 8.58. The van der Waals surface area contributed by atoms with E-state index in [2.05, 4.69) is 45.7 Å². The summed E-state index contributed by atoms with van der Waals surface area (Å²) in [6.45, 7) is 8.75. The van der Waals surface area contributed by atoms with Crippen LogP contribution in [0.5, 0.6) is 5.75 Å². The van der Waals surface area contributed by atoms with E-state index < -0.39 is 0 Å². The first-order valence-electron chi connectivity index (χ1n) is 11.2. The van der Waals surface area contributed by atoms with Crippen LogP contribution in [0.1, 0.15) is 43.1 Å². The Bertz CT molecular complexity index is 1040. The number of nitrogens with zero attached hydrogens (tertiary/aromatic N) is 4. The summed E-state index contributed by atoms with van der Waals surface area (Å²) in [6.07, 6.45) is 2.98. The highest BCUT2D eigenvalue weighted by molar-refractivity contribution is 5.82. The van der Waals surface area contributed by atoms with Gasteiger partial charge in [0.05, 0.1) is 24.2 Å². The van der Waals surface area contributed by atoms with Gasteiger partial charge in [-0.1, -0.05) is 19.1 Å². The van der Waals surface area contributed by atoms with E-state index in [1.54, 1.807) is 6.07 Å². The van der Waals surface area contributed by atoms with Crippen molar-refractivity contribution in [3.63, 3.8) is 0 Å². The van der Waals surface area contributed by atoms with Crippen LogP contribution in [0, 0.1) is 13.8 Å². The highest BCUT2D eigenvalue weighted by Crippen LogP contribution is 2.27. The van der Waals surface area contributed by atoms with E-state index in [1.165, 1.54) is 0 Å². The molecule has 1 atom stereocenters. The van der Waals surface area contributed by atoms with E-state index in [9.17, 15) is 10.2 Å². The Labute approximate surface area is 183 Å². The molecule has 1 aromatic carbocycles. The molecule has 0 radical (unpaired) electrons. The number of hydrogen-bond donors (Lipinski definition) is 3. The molecule has 3 N–H and O–H groups in total. The molecule has 1 fully saturated rings. The van der Waals surface area contributed by atoms with Gasteiger partial charge in [-0.25, -0.2) is 4.98 Å². The van der Waals surface area contributed by atoms with Gasteiger partial charge in [-0.3, -0.25) is 9.88 Å². The fourth-order valence-electron chi connectivity index (χ4n) is 4.52. The number of aromatic hydroxyl groups is 1. The Hall–Kier alpha value is -2.64. The van der Waals surface area contributed by atoms with Gasteiger partial charge in [0.2, 0.25) is 5.95 Å². The fourth-order valence-corrected chi connectivity index (χ4v) is 4.52. The molecule has 0 aliphatic carbocycles. The lowest BCUT2D eigenvalue weighted by molar-refractivity contribution is 0.0980. The molecule has 3 heterocycles. The zero-order valence-corrected chi connectivity index (χ0v) is 18.7. The third kappa shape index (κ3) is 4.52. The van der Waals surface area contributed by atoms with E-state index in [-0.39, 0.29) is 18.4 Å². The molecule has 4 rings (SSSR count). The summed E-state index contributed by atoms with van der Waals surface area (Å²) < 4.78 is 2.12. The number of hydrogen-bond acceptors (Lipinski definition) is 6. The minimum Gasteiger partial charge on any atom is -0.506 e. The Balaban J connectivity index is 1.60. The molecule has 2 aromatic heterocycles. The number of fused-ring (bicyclic) bond motifs is 1. The number of nitrogens with one attached hydrogen (secondary N) is 1. The number of aryl methyl sites for hydroxylation is 2. The highest BCUT2D eigenvalue weighted by atomic mass is 16.3. The number of aliphatic hydroxyl groups excluding tert-OH is 1. The molecule has 166 valence electrons. The van der Waals surface area contributed by atoms with Crippen LogP contribution in [-0.4, -0.2) is 61.4 Å². The van der Waals surface area contributed by atoms with E-state index in [0.717, 1.165) is 60.6 Å². The molecule has 0 bridgehead atoms. The Kier molecular flexibility index (Phi) is 6.43. The van der Waals surface area contributed by atoms with Gasteiger partial charge < -0.3 is 20.1 Å². The molecule has 0 amide bonds. The van der Waals surface area contributed by atoms with Crippen molar-refractivity contribution >= 4 is 17.0 Å². The summed E-state index contributed by atoms with van der Waals surface area (Å²) in [6, 6.07) is 10.3. The molecule has 1 saturated heterocycles. The van der Waals surface area contributed by atoms with Gasteiger partial charge in [0.15, 0.2) is 0 Å². The van der Waals surface area contributed by atoms with Gasteiger partial charge in [-0.2, -0.15) is 0 Å². The van der Waals surface area contributed by atoms with Crippen LogP contribution in [0.3, 0.4) is 0 Å². The topological polar surface area (TPSA) is 86.4 Å². The Morgan fingerprint density at radius 3 is 2.61 bits per heavy atom. The number of aliphatic hydroxyl groups is 1. The largest absolute Gasteiger partial charge is 0.506 e. The smallest absolute Gasteiger partial charge is 0.204 e. The van der Waals surface area contributed by atoms with Crippen molar-refractivity contribution in [1.82, 2.24) is 19.4 Å². The van der Waals surface area contributed by atoms with E-state index >= 15 is 0 Å². The van der Waals surface area contributed by atoms with Gasteiger partial charge >= 0.3 is 0 Å². The summed E-state index contributed by atoms with van der Waals surface area (Å²) in [5.74, 6) is 1.02. The van der Waals surface area contributed by atoms with E-state index in [0.29, 0.717) is 18.3 Å². The Morgan fingerprint density at radius 1 is 1.13 bits per heavy atom. The first kappa shape index (κ1) is 21.6. The number of para-hydroxylation sites is 1. The summed E-state index contributed by atoms with van der Waals surface area (Å²) in [7, 11) is 0. The third-order valence-electron chi connectivity index (χ3n) is 6.44. The van der Waals surface area contributed by atoms with Crippen molar-refractivity contribution in [2.75, 3.05) is 25.0 Å². The average Bonchev–Trinajstić information content (AvgIpc) is 3.11. The highest BCUT2D eigenvalue weighted by Gasteiger charge is 2.25. The van der Waals surface area contributed by atoms with E-state index in [1.807, 2.05) is 19.1 Å². The van der Waals surface area contributed by atoms with Crippen molar-refractivity contribution in [2.24, 2.45) is 0 Å². The van der Waals surface area contributed by atoms with Crippen molar-refractivity contribution in [2.45, 2.75) is 58.7 Å². The molecule has 1 aliphatic heterocycles. The Morgan fingerprint density at radius 2 is 1.90 bits per heavy atom. The van der Waals surface area contributed by atoms with Crippen LogP contribution >= 0.6 is 0 Å². The quantitative estimate of drug-likeness (QED) is 0.540. The lowest BCUT2D eigenvalue weighted by Crippen LogP contribution is -2.46. The van der Waals surface area contributed by atoms with Crippen LogP contribution in [0.4, 0.5) is 5.95 Å². The lowest BCUT2D eigenvalue weighted by atomic mass is 10.0. The number of piperidine rings is 1. The van der Waals surface area contributed by atoms with Crippen LogP contribution in [0.15, 0.2) is 30.3 Å². The zero-order valence-electron chi connectivity index (χ0n) is 18.7. The first-order valence-corrected chi connectivity index (χ1v) is 11.2. The zero-order chi connectivity index (χ0) is 22.0. The van der Waals surface area contributed by atoms with Crippen molar-refractivity contribution in [1.29, 1.82) is 0 Å². The summed E-state index contributed by atoms with van der Waals surface area (Å²) >= 11 is 0. The maximum atomic E-state index is 10.4. The van der Waals surface area contributed by atoms with Crippen LogP contribution < -0.4 is 5.32 Å². The average molecular weight is 424 g/mol. The minimum absolute atomic E-state index is 0.203. The number of imidazole rings is 1. The summed E-state index contributed by atoms with van der Waals surface area (Å²) in [5.41, 5.74) is 4.66. The standard InChI is InChI=1S/C24H33N5O2/c1-4-19(15-30)28-12-10-18(11-13-28)26-24-27-23-16(2)6-5-7-21(23)29(24)14-20-22(31)9-8-17(3)25-20/h5-9,18-19,30-31H,4,10-15H2,1-3H3,(H,26,27). The predicted octanol–water partition coefficient (Wildman–Crippen LogP) is 3.45. The summed E-state index contributed by atoms with van der Waals surface area (Å²) in [5, 5.41) is 23.6. The van der Waals surface area contributed by atoms with Crippen molar-refractivity contribution in [3.05, 3.63) is 47.3 Å². The second-order valence-electron chi connectivity index (χ2n) is 8.58. The molecule has 1 unspecified atom stereocenters. The van der Waals surface area contributed by atoms with Crippen LogP contribution in [0.2, 0.25) is 0 Å². The molecule has 7 nitrogen and oxygen atoms in total. The number of likely N-dealkylation sites (tertiary alicyclic amines) is 1. The van der Waals surface area contributed by atoms with E-state index in [4.69, 9.17) is 4.98 Å². The molecule has 0 spiro atoms. The SMILES string of the molecule is CCC(CO)N1CCC(Nc2nc3c(C)cccc3n2Cc2nc(C)ccc2O)CC1. The lowest BCUT2D eigenvalue weighted by Gasteiger charge is -2.36. The van der Waals surface area contributed by atoms with Crippen LogP contribution in [-0.2, 0) is 6.54 Å². The van der Waals surface area contributed by atoms with Gasteiger partial charge in [-0.05, 0) is 56.9 Å². The molecule has 7 heteroatoms. The normalized spacial score (nSPS) is 16.6. The number of aromatic nitrogens is 3. The van der Waals surface area contributed by atoms with Crippen LogP contribution in [0.25, 0.3) is 11.0 Å². The maximum absolute atomic E-state index is 10.4. The van der Waals surface area contributed by atoms with Gasteiger partial charge in [0.25, 0.3) is 0 Å². The van der Waals surface area contributed by atoms with Gasteiger partial charge in [-0.15, -0.1) is 0 Å². The molecule has 1 aliphatic rings. The van der Waals surface area contributed by atoms with Gasteiger partial charge in [0, 0.05) is 30.9 Å². The third-order valence-corrected chi connectivity index (χ3v) is 6.44. The summed E-state index contributed by atoms with van der Waals surface area (Å²) in [4.78, 5) is 11.9. The number of benzene rings is 1. The number of anilines is 1. The molecule has 31 heavy (non-hydrogen) atoms. The minimum atomic E-state index is 0.203. The molecule has 3 aromatic rings. The molecular weight excluding hydrogens is 390 g/mol.